The average molecular weight is 460 g/mol. The molecule has 2 N–H and O–H groups in total. The highest BCUT2D eigenvalue weighted by Gasteiger charge is 2.28. The van der Waals surface area contributed by atoms with Gasteiger partial charge in [0.15, 0.2) is 0 Å². The van der Waals surface area contributed by atoms with Crippen LogP contribution in [-0.4, -0.2) is 29.3 Å². The molecule has 2 amide bonds. The van der Waals surface area contributed by atoms with Gasteiger partial charge in [-0.1, -0.05) is 86.1 Å². The molecular formula is C27H29N3O4. The molecule has 0 spiro atoms. The van der Waals surface area contributed by atoms with Crippen molar-refractivity contribution in [3.63, 3.8) is 0 Å². The number of nitrogens with one attached hydrogen (secondary N) is 2. The third-order valence-corrected chi connectivity index (χ3v) is 5.58. The van der Waals surface area contributed by atoms with Crippen LogP contribution >= 0.6 is 0 Å². The second-order valence-corrected chi connectivity index (χ2v) is 8.09. The molecule has 0 bridgehead atoms. The van der Waals surface area contributed by atoms with E-state index in [2.05, 4.69) is 10.6 Å². The SMILES string of the molecule is CCCCNC(=O)[C@H](Cc1ccc([N+](=O)[O-])cc1)NC(=O)C(c1ccccc1)c1ccccc1. The second-order valence-electron chi connectivity index (χ2n) is 8.09. The van der Waals surface area contributed by atoms with Crippen LogP contribution in [0.15, 0.2) is 84.9 Å². The summed E-state index contributed by atoms with van der Waals surface area (Å²) in [4.78, 5) is 37.0. The zero-order valence-corrected chi connectivity index (χ0v) is 19.1. The molecule has 0 aliphatic heterocycles. The first-order valence-electron chi connectivity index (χ1n) is 11.4. The summed E-state index contributed by atoms with van der Waals surface area (Å²) in [7, 11) is 0. The standard InChI is InChI=1S/C27H29N3O4/c1-2-3-18-28-26(31)24(19-20-14-16-23(17-15-20)30(33)34)29-27(32)25(21-10-6-4-7-11-21)22-12-8-5-9-13-22/h4-17,24-25H,2-3,18-19H2,1H3,(H,28,31)(H,29,32)/t24-/m0/s1. The molecule has 0 radical (unpaired) electrons. The Hall–Kier alpha value is -4.00. The summed E-state index contributed by atoms with van der Waals surface area (Å²) in [5.41, 5.74) is 2.35. The average Bonchev–Trinajstić information content (AvgIpc) is 2.85. The number of hydrogen-bond donors (Lipinski definition) is 2. The molecule has 1 atom stereocenters. The van der Waals surface area contributed by atoms with E-state index >= 15 is 0 Å². The number of rotatable bonds is 11. The van der Waals surface area contributed by atoms with Crippen LogP contribution in [0.1, 0.15) is 42.4 Å². The summed E-state index contributed by atoms with van der Waals surface area (Å²) >= 11 is 0. The topological polar surface area (TPSA) is 101 Å². The minimum absolute atomic E-state index is 0.0232. The summed E-state index contributed by atoms with van der Waals surface area (Å²) in [6.07, 6.45) is 1.99. The monoisotopic (exact) mass is 459 g/mol. The van der Waals surface area contributed by atoms with Gasteiger partial charge in [0.1, 0.15) is 6.04 Å². The van der Waals surface area contributed by atoms with Gasteiger partial charge in [0.05, 0.1) is 10.8 Å². The van der Waals surface area contributed by atoms with Crippen molar-refractivity contribution in [2.24, 2.45) is 0 Å². The first kappa shape index (κ1) is 24.6. The van der Waals surface area contributed by atoms with Crippen molar-refractivity contribution in [2.75, 3.05) is 6.54 Å². The Morgan fingerprint density at radius 1 is 0.853 bits per heavy atom. The number of unbranched alkanes of at least 4 members (excludes halogenated alkanes) is 1. The third kappa shape index (κ3) is 6.75. The van der Waals surface area contributed by atoms with E-state index in [1.807, 2.05) is 67.6 Å². The Morgan fingerprint density at radius 3 is 1.91 bits per heavy atom. The van der Waals surface area contributed by atoms with Crippen molar-refractivity contribution >= 4 is 17.5 Å². The van der Waals surface area contributed by atoms with Gasteiger partial charge in [-0.15, -0.1) is 0 Å². The van der Waals surface area contributed by atoms with Crippen molar-refractivity contribution in [1.29, 1.82) is 0 Å². The molecule has 0 fully saturated rings. The maximum Gasteiger partial charge on any atom is 0.269 e. The predicted octanol–water partition coefficient (Wildman–Crippen LogP) is 4.37. The van der Waals surface area contributed by atoms with E-state index in [1.165, 1.54) is 12.1 Å². The van der Waals surface area contributed by atoms with Gasteiger partial charge in [-0.3, -0.25) is 19.7 Å². The summed E-state index contributed by atoms with van der Waals surface area (Å²) in [5, 5.41) is 16.8. The van der Waals surface area contributed by atoms with Gasteiger partial charge in [-0.2, -0.15) is 0 Å². The van der Waals surface area contributed by atoms with Gasteiger partial charge in [-0.25, -0.2) is 0 Å². The van der Waals surface area contributed by atoms with Gasteiger partial charge < -0.3 is 10.6 Å². The van der Waals surface area contributed by atoms with Crippen LogP contribution in [0.25, 0.3) is 0 Å². The van der Waals surface area contributed by atoms with Crippen LogP contribution in [-0.2, 0) is 16.0 Å². The number of nitrogens with zero attached hydrogens (tertiary/aromatic N) is 1. The summed E-state index contributed by atoms with van der Waals surface area (Å²) in [6.45, 7) is 2.55. The first-order valence-corrected chi connectivity index (χ1v) is 11.4. The van der Waals surface area contributed by atoms with Crippen molar-refractivity contribution in [1.82, 2.24) is 10.6 Å². The molecule has 0 aliphatic carbocycles. The molecule has 3 rings (SSSR count). The van der Waals surface area contributed by atoms with Gasteiger partial charge in [-0.05, 0) is 23.1 Å². The molecule has 176 valence electrons. The van der Waals surface area contributed by atoms with Gasteiger partial charge in [0.25, 0.3) is 5.69 Å². The van der Waals surface area contributed by atoms with Crippen LogP contribution in [0, 0.1) is 10.1 Å². The van der Waals surface area contributed by atoms with Crippen molar-refractivity contribution in [3.8, 4) is 0 Å². The maximum absolute atomic E-state index is 13.5. The minimum Gasteiger partial charge on any atom is -0.354 e. The molecule has 0 saturated carbocycles. The quantitative estimate of drug-likeness (QED) is 0.253. The molecule has 34 heavy (non-hydrogen) atoms. The lowest BCUT2D eigenvalue weighted by Gasteiger charge is -2.23. The fourth-order valence-corrected chi connectivity index (χ4v) is 3.75. The molecule has 0 unspecified atom stereocenters. The molecular weight excluding hydrogens is 430 g/mol. The lowest BCUT2D eigenvalue weighted by molar-refractivity contribution is -0.384. The van der Waals surface area contributed by atoms with Crippen molar-refractivity contribution in [2.45, 2.75) is 38.1 Å². The summed E-state index contributed by atoms with van der Waals surface area (Å²) in [6, 6.07) is 24.1. The van der Waals surface area contributed by atoms with Gasteiger partial charge in [0, 0.05) is 25.1 Å². The Bertz CT molecular complexity index is 1050. The van der Waals surface area contributed by atoms with Crippen LogP contribution in [0.5, 0.6) is 0 Å². The lowest BCUT2D eigenvalue weighted by Crippen LogP contribution is -2.49. The highest BCUT2D eigenvalue weighted by Crippen LogP contribution is 2.25. The molecule has 7 heteroatoms. The van der Waals surface area contributed by atoms with Crippen molar-refractivity contribution in [3.05, 3.63) is 112 Å². The normalized spacial score (nSPS) is 11.6. The smallest absolute Gasteiger partial charge is 0.269 e. The van der Waals surface area contributed by atoms with E-state index in [0.717, 1.165) is 29.5 Å². The molecule has 3 aromatic rings. The number of carbonyl (C=O) groups is 2. The van der Waals surface area contributed by atoms with Gasteiger partial charge in [0.2, 0.25) is 11.8 Å². The largest absolute Gasteiger partial charge is 0.354 e. The van der Waals surface area contributed by atoms with Crippen molar-refractivity contribution < 1.29 is 14.5 Å². The molecule has 3 aromatic carbocycles. The Kier molecular flexibility index (Phi) is 8.91. The molecule has 0 aromatic heterocycles. The van der Waals surface area contributed by atoms with E-state index < -0.39 is 16.9 Å². The van der Waals surface area contributed by atoms with Crippen LogP contribution < -0.4 is 10.6 Å². The molecule has 0 heterocycles. The van der Waals surface area contributed by atoms with Crippen LogP contribution in [0.3, 0.4) is 0 Å². The highest BCUT2D eigenvalue weighted by molar-refractivity contribution is 5.92. The number of carbonyl (C=O) groups excluding carboxylic acids is 2. The number of nitro benzene ring substituents is 1. The Labute approximate surface area is 199 Å². The predicted molar refractivity (Wildman–Crippen MR) is 131 cm³/mol. The van der Waals surface area contributed by atoms with E-state index in [-0.39, 0.29) is 23.9 Å². The van der Waals surface area contributed by atoms with E-state index in [4.69, 9.17) is 0 Å². The zero-order valence-electron chi connectivity index (χ0n) is 19.1. The number of benzene rings is 3. The second kappa shape index (κ2) is 12.3. The Morgan fingerprint density at radius 2 is 1.41 bits per heavy atom. The number of hydrogen-bond acceptors (Lipinski definition) is 4. The van der Waals surface area contributed by atoms with Crippen LogP contribution in [0.4, 0.5) is 5.69 Å². The number of nitro groups is 1. The minimum atomic E-state index is -0.819. The lowest BCUT2D eigenvalue weighted by atomic mass is 9.90. The Balaban J connectivity index is 1.85. The molecule has 0 aliphatic rings. The van der Waals surface area contributed by atoms with E-state index in [0.29, 0.717) is 6.54 Å². The molecule has 7 nitrogen and oxygen atoms in total. The summed E-state index contributed by atoms with van der Waals surface area (Å²) in [5.74, 6) is -1.14. The highest BCUT2D eigenvalue weighted by atomic mass is 16.6. The van der Waals surface area contributed by atoms with E-state index in [1.54, 1.807) is 12.1 Å². The zero-order chi connectivity index (χ0) is 24.3. The fraction of sp³-hybridized carbons (Fsp3) is 0.259. The molecule has 0 saturated heterocycles. The number of amides is 2. The van der Waals surface area contributed by atoms with Gasteiger partial charge >= 0.3 is 0 Å². The fourth-order valence-electron chi connectivity index (χ4n) is 3.75. The number of non-ortho nitro benzene ring substituents is 1. The third-order valence-electron chi connectivity index (χ3n) is 5.58. The first-order chi connectivity index (χ1) is 16.5. The maximum atomic E-state index is 13.5. The van der Waals surface area contributed by atoms with Crippen LogP contribution in [0.2, 0.25) is 0 Å². The van der Waals surface area contributed by atoms with E-state index in [9.17, 15) is 19.7 Å². The summed E-state index contributed by atoms with van der Waals surface area (Å²) < 4.78 is 0.